The third kappa shape index (κ3) is 4.71. The first kappa shape index (κ1) is 29.5. The molecular formula is C48H28N4O. The Morgan fingerprint density at radius 1 is 0.358 bits per heavy atom. The zero-order valence-corrected chi connectivity index (χ0v) is 28.4. The number of hydrogen-bond acceptors (Lipinski definition) is 5. The van der Waals surface area contributed by atoms with E-state index < -0.39 is 0 Å². The first-order chi connectivity index (χ1) is 26.3. The Morgan fingerprint density at radius 2 is 1.06 bits per heavy atom. The van der Waals surface area contributed by atoms with Crippen molar-refractivity contribution in [3.05, 3.63) is 170 Å². The number of furan rings is 1. The molecule has 0 amide bonds. The average molecular weight is 677 g/mol. The van der Waals surface area contributed by atoms with E-state index in [2.05, 4.69) is 126 Å². The molecule has 5 heteroatoms. The molecule has 8 aromatic carbocycles. The van der Waals surface area contributed by atoms with Crippen molar-refractivity contribution in [2.45, 2.75) is 0 Å². The number of fused-ring (bicyclic) bond motifs is 9. The molecule has 0 aliphatic heterocycles. The van der Waals surface area contributed by atoms with Gasteiger partial charge in [-0.25, -0.2) is 15.0 Å². The van der Waals surface area contributed by atoms with E-state index in [1.807, 2.05) is 48.8 Å². The molecule has 0 unspecified atom stereocenters. The number of rotatable bonds is 4. The molecule has 0 atom stereocenters. The Labute approximate surface area is 303 Å². The van der Waals surface area contributed by atoms with Crippen LogP contribution in [0, 0.1) is 0 Å². The van der Waals surface area contributed by atoms with Crippen molar-refractivity contribution < 1.29 is 4.42 Å². The lowest BCUT2D eigenvalue weighted by Gasteiger charge is -2.14. The van der Waals surface area contributed by atoms with E-state index >= 15 is 0 Å². The van der Waals surface area contributed by atoms with Crippen LogP contribution in [-0.2, 0) is 0 Å². The minimum atomic E-state index is 0.618. The number of aromatic nitrogens is 4. The molecule has 11 aromatic rings. The van der Waals surface area contributed by atoms with E-state index in [1.54, 1.807) is 0 Å². The average Bonchev–Trinajstić information content (AvgIpc) is 3.62. The van der Waals surface area contributed by atoms with Crippen molar-refractivity contribution in [2.24, 2.45) is 0 Å². The van der Waals surface area contributed by atoms with Crippen molar-refractivity contribution in [3.8, 4) is 45.3 Å². The summed E-state index contributed by atoms with van der Waals surface area (Å²) in [5.41, 5.74) is 6.87. The summed E-state index contributed by atoms with van der Waals surface area (Å²) in [6.07, 6.45) is 3.77. The second-order valence-corrected chi connectivity index (χ2v) is 13.4. The van der Waals surface area contributed by atoms with E-state index in [9.17, 15) is 0 Å². The molecule has 246 valence electrons. The molecule has 53 heavy (non-hydrogen) atoms. The predicted molar refractivity (Wildman–Crippen MR) is 217 cm³/mol. The normalized spacial score (nSPS) is 11.8. The molecule has 0 fully saturated rings. The topological polar surface area (TPSA) is 64.7 Å². The van der Waals surface area contributed by atoms with Crippen molar-refractivity contribution in [3.63, 3.8) is 0 Å². The number of para-hydroxylation sites is 1. The van der Waals surface area contributed by atoms with Crippen molar-refractivity contribution in [1.82, 2.24) is 19.9 Å². The van der Waals surface area contributed by atoms with E-state index in [0.29, 0.717) is 17.5 Å². The lowest BCUT2D eigenvalue weighted by Crippen LogP contribution is -2.01. The van der Waals surface area contributed by atoms with Crippen LogP contribution in [0.2, 0.25) is 0 Å². The van der Waals surface area contributed by atoms with Gasteiger partial charge in [-0.3, -0.25) is 4.98 Å². The Morgan fingerprint density at radius 3 is 1.98 bits per heavy atom. The van der Waals surface area contributed by atoms with Crippen LogP contribution in [0.3, 0.4) is 0 Å². The minimum absolute atomic E-state index is 0.618. The summed E-state index contributed by atoms with van der Waals surface area (Å²) in [6, 6.07) is 54.9. The third-order valence-electron chi connectivity index (χ3n) is 10.4. The molecular weight excluding hydrogens is 649 g/mol. The quantitative estimate of drug-likeness (QED) is 0.174. The summed E-state index contributed by atoms with van der Waals surface area (Å²) in [7, 11) is 0. The van der Waals surface area contributed by atoms with Crippen molar-refractivity contribution in [2.75, 3.05) is 0 Å². The van der Waals surface area contributed by atoms with Gasteiger partial charge in [0, 0.05) is 50.6 Å². The number of benzene rings is 8. The van der Waals surface area contributed by atoms with Gasteiger partial charge in [0.15, 0.2) is 17.5 Å². The van der Waals surface area contributed by atoms with Crippen LogP contribution in [0.4, 0.5) is 0 Å². The summed E-state index contributed by atoms with van der Waals surface area (Å²) in [6.45, 7) is 0. The van der Waals surface area contributed by atoms with Gasteiger partial charge in [0.2, 0.25) is 0 Å². The van der Waals surface area contributed by atoms with Gasteiger partial charge in [-0.2, -0.15) is 0 Å². The SMILES string of the molecule is c1ccc(-c2nc(-c3ccc4c(-c5cccc6oc7ccccc7c56)cccc4c3)nc(-c3cc4ccccc4c4ccc5cnccc5c34)n2)cc1. The van der Waals surface area contributed by atoms with E-state index in [-0.39, 0.29) is 0 Å². The van der Waals surface area contributed by atoms with Gasteiger partial charge in [-0.15, -0.1) is 0 Å². The maximum atomic E-state index is 6.25. The standard InChI is InChI=1S/C48H28N4O/c1-2-10-29(11-3-1)46-50-47(52-48(51-46)41-27-31-12-4-5-14-34(31)39-23-21-33-28-49-25-24-36(33)44(39)41)32-20-22-35-30(26-32)13-8-16-37(35)38-17-9-19-43-45(38)40-15-6-7-18-42(40)53-43/h1-28H. The highest BCUT2D eigenvalue weighted by Gasteiger charge is 2.19. The molecule has 11 rings (SSSR count). The van der Waals surface area contributed by atoms with Gasteiger partial charge >= 0.3 is 0 Å². The molecule has 5 nitrogen and oxygen atoms in total. The van der Waals surface area contributed by atoms with Gasteiger partial charge in [-0.1, -0.05) is 127 Å². The summed E-state index contributed by atoms with van der Waals surface area (Å²) < 4.78 is 6.25. The number of pyridine rings is 1. The minimum Gasteiger partial charge on any atom is -0.456 e. The number of nitrogens with zero attached hydrogens (tertiary/aromatic N) is 4. The molecule has 0 saturated carbocycles. The Balaban J connectivity index is 1.14. The van der Waals surface area contributed by atoms with Crippen LogP contribution < -0.4 is 0 Å². The fourth-order valence-corrected chi connectivity index (χ4v) is 7.95. The molecule has 0 aliphatic rings. The Bertz CT molecular complexity index is 3240. The zero-order chi connectivity index (χ0) is 34.9. The van der Waals surface area contributed by atoms with Gasteiger partial charge in [-0.05, 0) is 73.8 Å². The van der Waals surface area contributed by atoms with Gasteiger partial charge < -0.3 is 4.42 Å². The second kappa shape index (κ2) is 11.7. The molecule has 0 saturated heterocycles. The molecule has 0 bridgehead atoms. The highest BCUT2D eigenvalue weighted by atomic mass is 16.3. The predicted octanol–water partition coefficient (Wildman–Crippen LogP) is 12.4. The van der Waals surface area contributed by atoms with Gasteiger partial charge in [0.1, 0.15) is 11.2 Å². The van der Waals surface area contributed by atoms with Crippen LogP contribution in [0.1, 0.15) is 0 Å². The Hall–Kier alpha value is -7.24. The van der Waals surface area contributed by atoms with Crippen LogP contribution in [-0.4, -0.2) is 19.9 Å². The highest BCUT2D eigenvalue weighted by Crippen LogP contribution is 2.41. The first-order valence-electron chi connectivity index (χ1n) is 17.7. The fraction of sp³-hybridized carbons (Fsp3) is 0. The highest BCUT2D eigenvalue weighted by molar-refractivity contribution is 6.22. The zero-order valence-electron chi connectivity index (χ0n) is 28.4. The summed E-state index contributed by atoms with van der Waals surface area (Å²) in [4.78, 5) is 20.0. The largest absolute Gasteiger partial charge is 0.456 e. The van der Waals surface area contributed by atoms with E-state index in [0.717, 1.165) is 87.5 Å². The first-order valence-corrected chi connectivity index (χ1v) is 17.7. The monoisotopic (exact) mass is 676 g/mol. The molecule has 0 aliphatic carbocycles. The summed E-state index contributed by atoms with van der Waals surface area (Å²) in [5.74, 6) is 1.87. The molecule has 0 spiro atoms. The summed E-state index contributed by atoms with van der Waals surface area (Å²) in [5, 5.41) is 11.2. The maximum Gasteiger partial charge on any atom is 0.164 e. The molecule has 0 radical (unpaired) electrons. The van der Waals surface area contributed by atoms with E-state index in [4.69, 9.17) is 19.4 Å². The lowest BCUT2D eigenvalue weighted by atomic mass is 9.93. The number of hydrogen-bond donors (Lipinski definition) is 0. The van der Waals surface area contributed by atoms with Crippen LogP contribution >= 0.6 is 0 Å². The van der Waals surface area contributed by atoms with Crippen LogP contribution in [0.5, 0.6) is 0 Å². The van der Waals surface area contributed by atoms with Crippen LogP contribution in [0.25, 0.3) is 110 Å². The van der Waals surface area contributed by atoms with Crippen molar-refractivity contribution >= 4 is 65.0 Å². The Kier molecular flexibility index (Phi) is 6.48. The summed E-state index contributed by atoms with van der Waals surface area (Å²) >= 11 is 0. The van der Waals surface area contributed by atoms with Crippen LogP contribution in [0.15, 0.2) is 175 Å². The third-order valence-corrected chi connectivity index (χ3v) is 10.4. The maximum absolute atomic E-state index is 6.25. The lowest BCUT2D eigenvalue weighted by molar-refractivity contribution is 0.669. The van der Waals surface area contributed by atoms with Gasteiger partial charge in [0.25, 0.3) is 0 Å². The second-order valence-electron chi connectivity index (χ2n) is 13.4. The van der Waals surface area contributed by atoms with Gasteiger partial charge in [0.05, 0.1) is 0 Å². The molecule has 3 heterocycles. The molecule has 0 N–H and O–H groups in total. The fourth-order valence-electron chi connectivity index (χ4n) is 7.95. The molecule has 3 aromatic heterocycles. The smallest absolute Gasteiger partial charge is 0.164 e. The van der Waals surface area contributed by atoms with Crippen molar-refractivity contribution in [1.29, 1.82) is 0 Å². The van der Waals surface area contributed by atoms with E-state index in [1.165, 1.54) is 5.39 Å².